The van der Waals surface area contributed by atoms with Gasteiger partial charge in [0.05, 0.1) is 12.2 Å². The predicted molar refractivity (Wildman–Crippen MR) is 127 cm³/mol. The van der Waals surface area contributed by atoms with E-state index in [1.54, 1.807) is 4.68 Å². The Morgan fingerprint density at radius 1 is 1.09 bits per heavy atom. The fourth-order valence-corrected chi connectivity index (χ4v) is 3.62. The van der Waals surface area contributed by atoms with Crippen molar-refractivity contribution in [1.29, 1.82) is 0 Å². The molecule has 7 nitrogen and oxygen atoms in total. The molecule has 0 radical (unpaired) electrons. The predicted octanol–water partition coefficient (Wildman–Crippen LogP) is 4.96. The summed E-state index contributed by atoms with van der Waals surface area (Å²) in [6.45, 7) is 10.9. The molecule has 2 heterocycles. The summed E-state index contributed by atoms with van der Waals surface area (Å²) >= 11 is 0. The smallest absolute Gasteiger partial charge is 0.274 e. The molecule has 0 bridgehead atoms. The molecule has 0 saturated heterocycles. The molecule has 0 aliphatic carbocycles. The van der Waals surface area contributed by atoms with Gasteiger partial charge in [0.2, 0.25) is 5.89 Å². The molecule has 7 heteroatoms. The number of hydrogen-bond donors (Lipinski definition) is 1. The van der Waals surface area contributed by atoms with Gasteiger partial charge in [-0.25, -0.2) is 9.67 Å². The van der Waals surface area contributed by atoms with Gasteiger partial charge in [-0.3, -0.25) is 4.79 Å². The summed E-state index contributed by atoms with van der Waals surface area (Å²) in [5, 5.41) is 11.2. The molecule has 0 spiro atoms. The summed E-state index contributed by atoms with van der Waals surface area (Å²) in [6, 6.07) is 16.3. The highest BCUT2D eigenvalue weighted by atomic mass is 16.4. The number of amides is 1. The van der Waals surface area contributed by atoms with Crippen molar-refractivity contribution in [3.63, 3.8) is 0 Å². The number of carbonyl (C=O) groups excluding carboxylic acids is 1. The number of oxazole rings is 1. The first-order chi connectivity index (χ1) is 15.8. The highest BCUT2D eigenvalue weighted by molar-refractivity contribution is 5.93. The second kappa shape index (κ2) is 9.40. The number of nitrogens with zero attached hydrogens (tertiary/aromatic N) is 4. The lowest BCUT2D eigenvalue weighted by molar-refractivity contribution is 0.0945. The van der Waals surface area contributed by atoms with E-state index in [0.29, 0.717) is 36.3 Å². The molecule has 0 fully saturated rings. The van der Waals surface area contributed by atoms with Gasteiger partial charge >= 0.3 is 0 Å². The summed E-state index contributed by atoms with van der Waals surface area (Å²) < 4.78 is 7.56. The largest absolute Gasteiger partial charge is 0.441 e. The molecule has 1 amide bonds. The van der Waals surface area contributed by atoms with Crippen LogP contribution in [-0.2, 0) is 13.1 Å². The normalized spacial score (nSPS) is 11.2. The van der Waals surface area contributed by atoms with Gasteiger partial charge in [-0.1, -0.05) is 61.0 Å². The number of rotatable bonds is 7. The molecular weight excluding hydrogens is 414 g/mol. The van der Waals surface area contributed by atoms with Crippen LogP contribution in [0.2, 0.25) is 0 Å². The summed E-state index contributed by atoms with van der Waals surface area (Å²) in [5.41, 5.74) is 6.15. The molecule has 2 aromatic carbocycles. The Balaban J connectivity index is 1.44. The molecule has 0 atom stereocenters. The Kier molecular flexibility index (Phi) is 6.40. The van der Waals surface area contributed by atoms with Crippen LogP contribution in [0.4, 0.5) is 0 Å². The van der Waals surface area contributed by atoms with E-state index < -0.39 is 0 Å². The molecular formula is C26H29N5O2. The molecule has 170 valence electrons. The van der Waals surface area contributed by atoms with E-state index in [4.69, 9.17) is 4.42 Å². The van der Waals surface area contributed by atoms with Crippen LogP contribution in [0.3, 0.4) is 0 Å². The number of benzene rings is 2. The van der Waals surface area contributed by atoms with Gasteiger partial charge in [-0.05, 0) is 49.9 Å². The summed E-state index contributed by atoms with van der Waals surface area (Å²) in [7, 11) is 0. The van der Waals surface area contributed by atoms with E-state index in [0.717, 1.165) is 28.1 Å². The first-order valence-electron chi connectivity index (χ1n) is 11.1. The number of aromatic nitrogens is 4. The van der Waals surface area contributed by atoms with E-state index in [9.17, 15) is 4.79 Å². The van der Waals surface area contributed by atoms with Crippen LogP contribution in [0, 0.1) is 20.8 Å². The molecule has 0 aliphatic rings. The number of hydrogen-bond acceptors (Lipinski definition) is 5. The minimum absolute atomic E-state index is 0.246. The molecule has 0 unspecified atom stereocenters. The van der Waals surface area contributed by atoms with Crippen LogP contribution in [0.1, 0.15) is 64.1 Å². The maximum absolute atomic E-state index is 12.7. The Labute approximate surface area is 193 Å². The van der Waals surface area contributed by atoms with E-state index in [-0.39, 0.29) is 5.91 Å². The Bertz CT molecular complexity index is 1270. The van der Waals surface area contributed by atoms with E-state index in [2.05, 4.69) is 46.6 Å². The van der Waals surface area contributed by atoms with Gasteiger partial charge in [0.1, 0.15) is 11.5 Å². The van der Waals surface area contributed by atoms with Crippen LogP contribution in [-0.4, -0.2) is 25.9 Å². The fourth-order valence-electron chi connectivity index (χ4n) is 3.62. The van der Waals surface area contributed by atoms with Crippen LogP contribution < -0.4 is 5.32 Å². The Morgan fingerprint density at radius 2 is 1.85 bits per heavy atom. The van der Waals surface area contributed by atoms with Gasteiger partial charge in [-0.2, -0.15) is 0 Å². The quantitative estimate of drug-likeness (QED) is 0.436. The van der Waals surface area contributed by atoms with E-state index in [1.807, 2.05) is 57.2 Å². The molecule has 0 saturated carbocycles. The SMILES string of the molecule is Cc1cccc(-c2nc(Cn3nnc(C(=O)NCc4ccc(C(C)C)cc4)c3C)c(C)o2)c1. The lowest BCUT2D eigenvalue weighted by Gasteiger charge is -2.08. The van der Waals surface area contributed by atoms with Gasteiger partial charge in [-0.15, -0.1) is 5.10 Å². The summed E-state index contributed by atoms with van der Waals surface area (Å²) in [5.74, 6) is 1.53. The maximum atomic E-state index is 12.7. The third-order valence-electron chi connectivity index (χ3n) is 5.75. The third kappa shape index (κ3) is 5.03. The Morgan fingerprint density at radius 3 is 2.55 bits per heavy atom. The van der Waals surface area contributed by atoms with Crippen molar-refractivity contribution in [2.45, 2.75) is 53.6 Å². The zero-order chi connectivity index (χ0) is 23.5. The van der Waals surface area contributed by atoms with Gasteiger partial charge in [0, 0.05) is 12.1 Å². The molecule has 1 N–H and O–H groups in total. The van der Waals surface area contributed by atoms with Crippen molar-refractivity contribution in [3.8, 4) is 11.5 Å². The summed E-state index contributed by atoms with van der Waals surface area (Å²) in [4.78, 5) is 17.4. The molecule has 33 heavy (non-hydrogen) atoms. The topological polar surface area (TPSA) is 85.8 Å². The highest BCUT2D eigenvalue weighted by Gasteiger charge is 2.19. The standard InChI is InChI=1S/C26H29N5O2/c1-16(2)21-11-9-20(10-12-21)14-27-25(32)24-18(4)31(30-29-24)15-23-19(5)33-26(28-23)22-8-6-7-17(3)13-22/h6-13,16H,14-15H2,1-5H3,(H,27,32). The zero-order valence-corrected chi connectivity index (χ0v) is 19.7. The average Bonchev–Trinajstić information content (AvgIpc) is 3.35. The van der Waals surface area contributed by atoms with Crippen molar-refractivity contribution in [1.82, 2.24) is 25.3 Å². The van der Waals surface area contributed by atoms with Crippen LogP contribution in [0.15, 0.2) is 52.9 Å². The molecule has 2 aromatic heterocycles. The second-order valence-electron chi connectivity index (χ2n) is 8.65. The molecule has 0 aliphatic heterocycles. The van der Waals surface area contributed by atoms with Crippen molar-refractivity contribution >= 4 is 5.91 Å². The first-order valence-corrected chi connectivity index (χ1v) is 11.1. The molecule has 4 aromatic rings. The van der Waals surface area contributed by atoms with Crippen molar-refractivity contribution in [2.24, 2.45) is 0 Å². The van der Waals surface area contributed by atoms with Crippen molar-refractivity contribution < 1.29 is 9.21 Å². The van der Waals surface area contributed by atoms with Crippen LogP contribution in [0.25, 0.3) is 11.5 Å². The first kappa shape index (κ1) is 22.5. The van der Waals surface area contributed by atoms with Crippen LogP contribution in [0.5, 0.6) is 0 Å². The maximum Gasteiger partial charge on any atom is 0.274 e. The second-order valence-corrected chi connectivity index (χ2v) is 8.65. The monoisotopic (exact) mass is 443 g/mol. The van der Waals surface area contributed by atoms with Gasteiger partial charge in [0.15, 0.2) is 5.69 Å². The van der Waals surface area contributed by atoms with Crippen molar-refractivity contribution in [2.75, 3.05) is 0 Å². The van der Waals surface area contributed by atoms with E-state index in [1.165, 1.54) is 5.56 Å². The van der Waals surface area contributed by atoms with E-state index >= 15 is 0 Å². The lowest BCUT2D eigenvalue weighted by Crippen LogP contribution is -2.24. The Hall–Kier alpha value is -3.74. The van der Waals surface area contributed by atoms with Crippen LogP contribution >= 0.6 is 0 Å². The summed E-state index contributed by atoms with van der Waals surface area (Å²) in [6.07, 6.45) is 0. The lowest BCUT2D eigenvalue weighted by atomic mass is 10.0. The van der Waals surface area contributed by atoms with Crippen molar-refractivity contribution in [3.05, 3.63) is 88.1 Å². The number of nitrogens with one attached hydrogen (secondary N) is 1. The number of carbonyl (C=O) groups is 1. The number of aryl methyl sites for hydroxylation is 2. The van der Waals surface area contributed by atoms with Gasteiger partial charge < -0.3 is 9.73 Å². The fraction of sp³-hybridized carbons (Fsp3) is 0.308. The minimum atomic E-state index is -0.246. The minimum Gasteiger partial charge on any atom is -0.441 e. The zero-order valence-electron chi connectivity index (χ0n) is 19.7. The molecule has 4 rings (SSSR count). The van der Waals surface area contributed by atoms with Gasteiger partial charge in [0.25, 0.3) is 5.91 Å². The average molecular weight is 444 g/mol. The highest BCUT2D eigenvalue weighted by Crippen LogP contribution is 2.23. The third-order valence-corrected chi connectivity index (χ3v) is 5.75.